The lowest BCUT2D eigenvalue weighted by Crippen LogP contribution is -2.47. The Balaban J connectivity index is 1.61. The minimum Gasteiger partial charge on any atom is -0.335 e. The lowest BCUT2D eigenvalue weighted by Gasteiger charge is -2.23. The number of urea groups is 1. The quantitative estimate of drug-likeness (QED) is 0.761. The number of aryl methyl sites for hydroxylation is 2. The summed E-state index contributed by atoms with van der Waals surface area (Å²) in [6.45, 7) is 5.89. The molecular formula is C21H27N3O2S. The zero-order chi connectivity index (χ0) is 19.4. The van der Waals surface area contributed by atoms with Crippen LogP contribution in [0.25, 0.3) is 10.9 Å². The third kappa shape index (κ3) is 5.01. The van der Waals surface area contributed by atoms with Crippen LogP contribution in [0.4, 0.5) is 4.79 Å². The lowest BCUT2D eigenvalue weighted by molar-refractivity contribution is -0.119. The Hall–Kier alpha value is -2.08. The van der Waals surface area contributed by atoms with Crippen molar-refractivity contribution in [3.8, 4) is 0 Å². The summed E-state index contributed by atoms with van der Waals surface area (Å²) >= 11 is 1.37. The number of imide groups is 1. The van der Waals surface area contributed by atoms with Crippen molar-refractivity contribution in [2.24, 2.45) is 0 Å². The molecular weight excluding hydrogens is 358 g/mol. The molecule has 2 aromatic rings. The predicted molar refractivity (Wildman–Crippen MR) is 110 cm³/mol. The fourth-order valence-electron chi connectivity index (χ4n) is 3.51. The van der Waals surface area contributed by atoms with Crippen molar-refractivity contribution in [2.45, 2.75) is 69.2 Å². The van der Waals surface area contributed by atoms with E-state index in [-0.39, 0.29) is 11.9 Å². The Bertz CT molecular complexity index is 847. The average Bonchev–Trinajstić information content (AvgIpc) is 2.63. The molecule has 2 N–H and O–H groups in total. The molecule has 1 heterocycles. The van der Waals surface area contributed by atoms with Gasteiger partial charge >= 0.3 is 6.03 Å². The number of thioether (sulfide) groups is 1. The maximum absolute atomic E-state index is 12.4. The Labute approximate surface area is 164 Å². The van der Waals surface area contributed by atoms with Gasteiger partial charge in [0.05, 0.1) is 15.8 Å². The molecule has 0 unspecified atom stereocenters. The molecule has 6 heteroatoms. The van der Waals surface area contributed by atoms with Crippen molar-refractivity contribution < 1.29 is 9.59 Å². The number of nitrogens with one attached hydrogen (secondary N) is 2. The first-order chi connectivity index (χ1) is 12.9. The van der Waals surface area contributed by atoms with Crippen molar-refractivity contribution in [1.82, 2.24) is 15.6 Å². The number of carbonyl (C=O) groups excluding carboxylic acids is 2. The van der Waals surface area contributed by atoms with E-state index in [1.807, 2.05) is 25.1 Å². The predicted octanol–water partition coefficient (Wildman–Crippen LogP) is 4.49. The molecule has 0 aliphatic heterocycles. The molecule has 1 saturated carbocycles. The standard InChI is InChI=1S/C21H27N3O2S/c1-13-8-7-11-17-14(2)12-18(23-19(13)17)27-15(3)20(25)24-21(26)22-16-9-5-4-6-10-16/h7-8,11-12,15-16H,4-6,9-10H2,1-3H3,(H2,22,24,25,26)/t15-/m1/s1. The molecule has 3 amide bonds. The smallest absolute Gasteiger partial charge is 0.321 e. The van der Waals surface area contributed by atoms with E-state index in [1.54, 1.807) is 6.92 Å². The van der Waals surface area contributed by atoms with Gasteiger partial charge in [0.25, 0.3) is 0 Å². The second kappa shape index (κ2) is 8.74. The van der Waals surface area contributed by atoms with E-state index in [0.29, 0.717) is 0 Å². The Morgan fingerprint density at radius 1 is 1.15 bits per heavy atom. The highest BCUT2D eigenvalue weighted by molar-refractivity contribution is 8.00. The molecule has 1 aromatic heterocycles. The van der Waals surface area contributed by atoms with E-state index < -0.39 is 11.3 Å². The van der Waals surface area contributed by atoms with Crippen molar-refractivity contribution >= 4 is 34.6 Å². The molecule has 0 bridgehead atoms. The molecule has 1 aliphatic rings. The first-order valence-corrected chi connectivity index (χ1v) is 10.5. The fraction of sp³-hybridized carbons (Fsp3) is 0.476. The number of amides is 3. The SMILES string of the molecule is Cc1cc(S[C@H](C)C(=O)NC(=O)NC2CCCCC2)nc2c(C)cccc12. The van der Waals surface area contributed by atoms with Gasteiger partial charge in [-0.15, -0.1) is 0 Å². The molecule has 0 spiro atoms. The largest absolute Gasteiger partial charge is 0.335 e. The number of hydrogen-bond donors (Lipinski definition) is 2. The van der Waals surface area contributed by atoms with E-state index in [9.17, 15) is 9.59 Å². The molecule has 144 valence electrons. The molecule has 3 rings (SSSR count). The van der Waals surface area contributed by atoms with Gasteiger partial charge in [-0.05, 0) is 50.8 Å². The molecule has 5 nitrogen and oxygen atoms in total. The number of para-hydroxylation sites is 1. The number of nitrogens with zero attached hydrogens (tertiary/aromatic N) is 1. The third-order valence-electron chi connectivity index (χ3n) is 5.07. The first-order valence-electron chi connectivity index (χ1n) is 9.59. The van der Waals surface area contributed by atoms with Crippen LogP contribution in [0.1, 0.15) is 50.2 Å². The van der Waals surface area contributed by atoms with Crippen LogP contribution in [0.2, 0.25) is 0 Å². The van der Waals surface area contributed by atoms with Gasteiger partial charge in [0.15, 0.2) is 0 Å². The zero-order valence-electron chi connectivity index (χ0n) is 16.2. The Morgan fingerprint density at radius 2 is 1.89 bits per heavy atom. The molecule has 1 atom stereocenters. The van der Waals surface area contributed by atoms with Crippen LogP contribution >= 0.6 is 11.8 Å². The van der Waals surface area contributed by atoms with Crippen molar-refractivity contribution in [3.05, 3.63) is 35.4 Å². The summed E-state index contributed by atoms with van der Waals surface area (Å²) in [5, 5.41) is 6.90. The summed E-state index contributed by atoms with van der Waals surface area (Å²) in [7, 11) is 0. The van der Waals surface area contributed by atoms with Gasteiger partial charge in [0.1, 0.15) is 0 Å². The summed E-state index contributed by atoms with van der Waals surface area (Å²) in [5.41, 5.74) is 3.21. The second-order valence-corrected chi connectivity index (χ2v) is 8.67. The summed E-state index contributed by atoms with van der Waals surface area (Å²) in [5.74, 6) is -0.294. The highest BCUT2D eigenvalue weighted by Gasteiger charge is 2.21. The van der Waals surface area contributed by atoms with E-state index in [2.05, 4.69) is 23.6 Å². The van der Waals surface area contributed by atoms with Gasteiger partial charge < -0.3 is 5.32 Å². The normalized spacial score (nSPS) is 16.1. The molecule has 1 aromatic carbocycles. The number of carbonyl (C=O) groups is 2. The molecule has 1 fully saturated rings. The van der Waals surface area contributed by atoms with Crippen LogP contribution in [0, 0.1) is 13.8 Å². The van der Waals surface area contributed by atoms with E-state index in [4.69, 9.17) is 4.98 Å². The molecule has 0 radical (unpaired) electrons. The average molecular weight is 386 g/mol. The van der Waals surface area contributed by atoms with E-state index >= 15 is 0 Å². The minimum atomic E-state index is -0.407. The summed E-state index contributed by atoms with van der Waals surface area (Å²) in [6.07, 6.45) is 5.48. The lowest BCUT2D eigenvalue weighted by atomic mass is 9.96. The molecule has 27 heavy (non-hydrogen) atoms. The molecule has 1 aliphatic carbocycles. The maximum atomic E-state index is 12.4. The number of pyridine rings is 1. The van der Waals surface area contributed by atoms with Gasteiger partial charge in [0.2, 0.25) is 5.91 Å². The van der Waals surface area contributed by atoms with Crippen LogP contribution in [0.3, 0.4) is 0 Å². The topological polar surface area (TPSA) is 71.1 Å². The van der Waals surface area contributed by atoms with Gasteiger partial charge in [0, 0.05) is 11.4 Å². The van der Waals surface area contributed by atoms with Gasteiger partial charge in [-0.3, -0.25) is 10.1 Å². The summed E-state index contributed by atoms with van der Waals surface area (Å²) < 4.78 is 0. The van der Waals surface area contributed by atoms with Gasteiger partial charge in [-0.2, -0.15) is 0 Å². The fourth-order valence-corrected chi connectivity index (χ4v) is 4.42. The van der Waals surface area contributed by atoms with Gasteiger partial charge in [-0.1, -0.05) is 49.2 Å². The summed E-state index contributed by atoms with van der Waals surface area (Å²) in [6, 6.07) is 7.92. The van der Waals surface area contributed by atoms with Crippen LogP contribution in [-0.2, 0) is 4.79 Å². The number of fused-ring (bicyclic) bond motifs is 1. The number of rotatable bonds is 4. The second-order valence-electron chi connectivity index (χ2n) is 7.31. The van der Waals surface area contributed by atoms with Crippen molar-refractivity contribution in [2.75, 3.05) is 0 Å². The number of hydrogen-bond acceptors (Lipinski definition) is 4. The first kappa shape index (κ1) is 19.7. The van der Waals surface area contributed by atoms with Crippen LogP contribution in [-0.4, -0.2) is 28.2 Å². The highest BCUT2D eigenvalue weighted by atomic mass is 32.2. The van der Waals surface area contributed by atoms with Crippen LogP contribution < -0.4 is 10.6 Å². The summed E-state index contributed by atoms with van der Waals surface area (Å²) in [4.78, 5) is 29.2. The van der Waals surface area contributed by atoms with Crippen LogP contribution in [0.5, 0.6) is 0 Å². The Morgan fingerprint density at radius 3 is 2.63 bits per heavy atom. The van der Waals surface area contributed by atoms with Crippen molar-refractivity contribution in [1.29, 1.82) is 0 Å². The molecule has 0 saturated heterocycles. The number of benzene rings is 1. The monoisotopic (exact) mass is 385 g/mol. The van der Waals surface area contributed by atoms with Crippen LogP contribution in [0.15, 0.2) is 29.3 Å². The Kier molecular flexibility index (Phi) is 6.37. The van der Waals surface area contributed by atoms with E-state index in [1.165, 1.54) is 18.2 Å². The highest BCUT2D eigenvalue weighted by Crippen LogP contribution is 2.28. The van der Waals surface area contributed by atoms with Gasteiger partial charge in [-0.25, -0.2) is 9.78 Å². The number of aromatic nitrogens is 1. The maximum Gasteiger partial charge on any atom is 0.321 e. The van der Waals surface area contributed by atoms with Crippen molar-refractivity contribution in [3.63, 3.8) is 0 Å². The minimum absolute atomic E-state index is 0.183. The third-order valence-corrected chi connectivity index (χ3v) is 6.09. The van der Waals surface area contributed by atoms with E-state index in [0.717, 1.165) is 52.7 Å². The zero-order valence-corrected chi connectivity index (χ0v) is 17.0.